The van der Waals surface area contributed by atoms with Crippen LogP contribution in [0.2, 0.25) is 0 Å². The van der Waals surface area contributed by atoms with Gasteiger partial charge in [0.25, 0.3) is 0 Å². The van der Waals surface area contributed by atoms with Crippen molar-refractivity contribution in [2.75, 3.05) is 0 Å². The van der Waals surface area contributed by atoms with E-state index in [9.17, 15) is 0 Å². The molecule has 0 heterocycles. The van der Waals surface area contributed by atoms with Gasteiger partial charge >= 0.3 is 18.9 Å². The van der Waals surface area contributed by atoms with Crippen LogP contribution in [-0.4, -0.2) is 18.9 Å². The number of hydrogen-bond donors (Lipinski definition) is 0. The maximum atomic E-state index is 6.60. The second-order valence-corrected chi connectivity index (χ2v) is 2.38. The molecule has 0 spiro atoms. The van der Waals surface area contributed by atoms with Crippen molar-refractivity contribution in [1.82, 2.24) is 0 Å². The zero-order valence-electron chi connectivity index (χ0n) is 4.50. The third kappa shape index (κ3) is 10.7. The van der Waals surface area contributed by atoms with Crippen LogP contribution in [0, 0.1) is 17.8 Å². The van der Waals surface area contributed by atoms with Crippen LogP contribution in [0.5, 0.6) is 0 Å². The van der Waals surface area contributed by atoms with Gasteiger partial charge in [-0.1, -0.05) is 5.92 Å². The molecule has 0 aliphatic heterocycles. The maximum absolute atomic E-state index is 6.60. The molecule has 1 heteroatoms. The van der Waals surface area contributed by atoms with Crippen molar-refractivity contribution in [1.29, 1.82) is 0 Å². The van der Waals surface area contributed by atoms with Gasteiger partial charge in [-0.15, -0.1) is 0 Å². The summed E-state index contributed by atoms with van der Waals surface area (Å²) in [6, 6.07) is 0. The van der Waals surface area contributed by atoms with E-state index in [1.165, 1.54) is 0 Å². The topological polar surface area (TPSA) is 0 Å². The predicted molar refractivity (Wildman–Crippen MR) is 33.7 cm³/mol. The predicted octanol–water partition coefficient (Wildman–Crippen LogP) is 0.974. The van der Waals surface area contributed by atoms with Crippen LogP contribution in [-0.2, 0) is 0 Å². The fourth-order valence-electron chi connectivity index (χ4n) is 0. The molecule has 0 atom stereocenters. The van der Waals surface area contributed by atoms with Gasteiger partial charge in [-0.25, -0.2) is 0 Å². The fraction of sp³-hybridized carbons (Fsp3) is 0.667. The van der Waals surface area contributed by atoms with Crippen LogP contribution < -0.4 is 0 Å². The summed E-state index contributed by atoms with van der Waals surface area (Å²) in [5.74, 6) is 2.35. The molecule has 0 aliphatic carbocycles. The summed E-state index contributed by atoms with van der Waals surface area (Å²) in [5, 5.41) is 0. The Bertz CT molecular complexity index is 71.2. The quantitative estimate of drug-likeness (QED) is 0.306. The summed E-state index contributed by atoms with van der Waals surface area (Å²) < 4.78 is 0. The summed E-state index contributed by atoms with van der Waals surface area (Å²) in [7, 11) is 0. The number of rotatable bonds is 0. The SMILES string of the molecule is [C]#CC(C)(C)C.[LiH]. The second kappa shape index (κ2) is 3.20. The average Bonchev–Trinajstić information content (AvgIpc) is 1.35. The molecule has 0 bridgehead atoms. The molecule has 7 heavy (non-hydrogen) atoms. The summed E-state index contributed by atoms with van der Waals surface area (Å²) in [6.07, 6.45) is 6.60. The van der Waals surface area contributed by atoms with Crippen LogP contribution in [0.15, 0.2) is 0 Å². The molecule has 35 valence electrons. The fourth-order valence-corrected chi connectivity index (χ4v) is 0. The van der Waals surface area contributed by atoms with Crippen molar-refractivity contribution in [3.8, 4) is 5.92 Å². The first-order valence-corrected chi connectivity index (χ1v) is 2.00. The van der Waals surface area contributed by atoms with Crippen molar-refractivity contribution in [2.24, 2.45) is 5.41 Å². The molecule has 0 aromatic rings. The van der Waals surface area contributed by atoms with Crippen molar-refractivity contribution < 1.29 is 0 Å². The van der Waals surface area contributed by atoms with Gasteiger partial charge in [0.15, 0.2) is 0 Å². The monoisotopic (exact) mass is 89.1 g/mol. The Morgan fingerprint density at radius 2 is 1.43 bits per heavy atom. The molecule has 0 nitrogen and oxygen atoms in total. The standard InChI is InChI=1S/C6H9.Li.H/c1-5-6(2,3)4;;/h2-4H3;;. The van der Waals surface area contributed by atoms with Gasteiger partial charge in [0.1, 0.15) is 0 Å². The summed E-state index contributed by atoms with van der Waals surface area (Å²) in [4.78, 5) is 0. The van der Waals surface area contributed by atoms with Gasteiger partial charge in [-0.05, 0) is 27.2 Å². The molecule has 0 aromatic heterocycles. The minimum atomic E-state index is -0.0417. The van der Waals surface area contributed by atoms with Gasteiger partial charge in [0.05, 0.1) is 0 Å². The summed E-state index contributed by atoms with van der Waals surface area (Å²) in [5.41, 5.74) is -0.0417. The molecule has 0 N–H and O–H groups in total. The minimum absolute atomic E-state index is 0. The third-order valence-electron chi connectivity index (χ3n) is 0.375. The molecule has 0 aromatic carbocycles. The Labute approximate surface area is 57.9 Å². The van der Waals surface area contributed by atoms with Crippen molar-refractivity contribution >= 4 is 18.9 Å². The van der Waals surface area contributed by atoms with Crippen molar-refractivity contribution in [3.63, 3.8) is 0 Å². The Balaban J connectivity index is 0. The van der Waals surface area contributed by atoms with Gasteiger partial charge in [0, 0.05) is 5.41 Å². The Hall–Kier alpha value is 0.157. The van der Waals surface area contributed by atoms with Crippen LogP contribution in [0.3, 0.4) is 0 Å². The van der Waals surface area contributed by atoms with E-state index in [2.05, 4.69) is 5.92 Å². The average molecular weight is 89.1 g/mol. The first-order valence-electron chi connectivity index (χ1n) is 2.00. The molecule has 1 radical (unpaired) electrons. The van der Waals surface area contributed by atoms with Crippen LogP contribution in [0.25, 0.3) is 0 Å². The van der Waals surface area contributed by atoms with E-state index < -0.39 is 0 Å². The van der Waals surface area contributed by atoms with E-state index in [-0.39, 0.29) is 24.3 Å². The van der Waals surface area contributed by atoms with E-state index in [1.807, 2.05) is 20.8 Å². The molecule has 0 rings (SSSR count). The van der Waals surface area contributed by atoms with Gasteiger partial charge in [-0.2, -0.15) is 0 Å². The molecule has 0 aliphatic rings. The van der Waals surface area contributed by atoms with Gasteiger partial charge < -0.3 is 0 Å². The first-order chi connectivity index (χ1) is 2.56. The summed E-state index contributed by atoms with van der Waals surface area (Å²) >= 11 is 0. The first kappa shape index (κ1) is 10.2. The van der Waals surface area contributed by atoms with E-state index in [0.29, 0.717) is 0 Å². The Morgan fingerprint density at radius 1 is 1.29 bits per heavy atom. The Kier molecular flexibility index (Phi) is 4.66. The molecule has 0 saturated heterocycles. The normalized spacial score (nSPS) is 8.86. The zero-order valence-corrected chi connectivity index (χ0v) is 4.50. The second-order valence-electron chi connectivity index (χ2n) is 2.38. The van der Waals surface area contributed by atoms with Gasteiger partial charge in [-0.3, -0.25) is 0 Å². The zero-order chi connectivity index (χ0) is 5.21. The van der Waals surface area contributed by atoms with E-state index >= 15 is 0 Å². The molecular formula is C6H10Li. The van der Waals surface area contributed by atoms with Crippen LogP contribution >= 0.6 is 0 Å². The van der Waals surface area contributed by atoms with E-state index in [4.69, 9.17) is 6.42 Å². The summed E-state index contributed by atoms with van der Waals surface area (Å²) in [6.45, 7) is 5.83. The van der Waals surface area contributed by atoms with Gasteiger partial charge in [0.2, 0.25) is 0 Å². The van der Waals surface area contributed by atoms with Crippen LogP contribution in [0.1, 0.15) is 20.8 Å². The Morgan fingerprint density at radius 3 is 1.43 bits per heavy atom. The van der Waals surface area contributed by atoms with Crippen LogP contribution in [0.4, 0.5) is 0 Å². The molecule has 0 saturated carbocycles. The third-order valence-corrected chi connectivity index (χ3v) is 0.375. The molecule has 0 amide bonds. The van der Waals surface area contributed by atoms with E-state index in [1.54, 1.807) is 0 Å². The number of hydrogen-bond acceptors (Lipinski definition) is 0. The van der Waals surface area contributed by atoms with Crippen molar-refractivity contribution in [2.45, 2.75) is 20.8 Å². The molecular weight excluding hydrogens is 79.0 g/mol. The molecule has 0 fully saturated rings. The molecule has 0 unspecified atom stereocenters. The van der Waals surface area contributed by atoms with E-state index in [0.717, 1.165) is 0 Å². The van der Waals surface area contributed by atoms with Crippen molar-refractivity contribution in [3.05, 3.63) is 6.42 Å².